The Morgan fingerprint density at radius 2 is 1.28 bits per heavy atom. The van der Waals surface area contributed by atoms with Crippen LogP contribution in [0.5, 0.6) is 0 Å². The number of nitrogens with one attached hydrogen (secondary N) is 2. The van der Waals surface area contributed by atoms with Gasteiger partial charge >= 0.3 is 0 Å². The standard InChI is InChI=1S/C38H35N5O5S2/c44-38(43-24-22-42(23-25-43)32-11-2-1-3-12-32)35(41-50(47,48)37-15-7-10-30-27-39-21-20-34(30)37)26-28-16-18-31(19-17-28)40-49(45,46)36-14-6-9-29-8-4-5-13-33(29)36/h1-21,27,35,40-41H,22-26H2/t35-/m0/s1. The van der Waals surface area contributed by atoms with Crippen molar-refractivity contribution in [2.75, 3.05) is 35.8 Å². The molecule has 0 bridgehead atoms. The molecule has 6 aromatic rings. The first-order valence-electron chi connectivity index (χ1n) is 16.2. The summed E-state index contributed by atoms with van der Waals surface area (Å²) < 4.78 is 60.0. The van der Waals surface area contributed by atoms with E-state index < -0.39 is 26.1 Å². The Morgan fingerprint density at radius 1 is 0.660 bits per heavy atom. The van der Waals surface area contributed by atoms with Crippen LogP contribution in [-0.4, -0.2) is 64.8 Å². The molecule has 1 fully saturated rings. The number of rotatable bonds is 10. The SMILES string of the molecule is O=C([C@H](Cc1ccc(NS(=O)(=O)c2cccc3ccccc23)cc1)NS(=O)(=O)c1cccc2cnccc12)N1CCN(c2ccccc2)CC1. The minimum Gasteiger partial charge on any atom is -0.368 e. The molecule has 1 aliphatic rings. The number of benzene rings is 5. The predicted molar refractivity (Wildman–Crippen MR) is 196 cm³/mol. The van der Waals surface area contributed by atoms with Crippen LogP contribution in [0.1, 0.15) is 5.56 Å². The van der Waals surface area contributed by atoms with Crippen molar-refractivity contribution < 1.29 is 21.6 Å². The fourth-order valence-corrected chi connectivity index (χ4v) is 9.09. The fourth-order valence-electron chi connectivity index (χ4n) is 6.39. The van der Waals surface area contributed by atoms with Gasteiger partial charge in [-0.15, -0.1) is 0 Å². The zero-order valence-corrected chi connectivity index (χ0v) is 28.6. The van der Waals surface area contributed by atoms with Gasteiger partial charge < -0.3 is 9.80 Å². The number of carbonyl (C=O) groups is 1. The molecule has 5 aromatic carbocycles. The second-order valence-corrected chi connectivity index (χ2v) is 15.5. The van der Waals surface area contributed by atoms with E-state index in [1.54, 1.807) is 77.8 Å². The first kappa shape index (κ1) is 33.2. The number of amides is 1. The van der Waals surface area contributed by atoms with Gasteiger partial charge in [-0.05, 0) is 59.8 Å². The third kappa shape index (κ3) is 7.04. The quantitative estimate of drug-likeness (QED) is 0.195. The van der Waals surface area contributed by atoms with Crippen LogP contribution in [0.2, 0.25) is 0 Å². The Hall–Kier alpha value is -5.30. The van der Waals surface area contributed by atoms with Crippen molar-refractivity contribution in [1.82, 2.24) is 14.6 Å². The first-order valence-corrected chi connectivity index (χ1v) is 19.2. The van der Waals surface area contributed by atoms with Crippen molar-refractivity contribution >= 4 is 58.9 Å². The number of aromatic nitrogens is 1. The molecule has 0 spiro atoms. The third-order valence-electron chi connectivity index (χ3n) is 8.92. The minimum atomic E-state index is -4.15. The van der Waals surface area contributed by atoms with Crippen molar-refractivity contribution in [2.24, 2.45) is 0 Å². The van der Waals surface area contributed by atoms with E-state index in [0.717, 1.165) is 11.1 Å². The molecule has 254 valence electrons. The number of carbonyl (C=O) groups excluding carboxylic acids is 1. The number of fused-ring (bicyclic) bond motifs is 2. The number of hydrogen-bond donors (Lipinski definition) is 2. The molecule has 0 radical (unpaired) electrons. The number of pyridine rings is 1. The molecule has 1 amide bonds. The van der Waals surface area contributed by atoms with Crippen LogP contribution in [0.3, 0.4) is 0 Å². The lowest BCUT2D eigenvalue weighted by atomic mass is 10.0. The average Bonchev–Trinajstić information content (AvgIpc) is 3.14. The van der Waals surface area contributed by atoms with Gasteiger partial charge in [0.15, 0.2) is 0 Å². The maximum absolute atomic E-state index is 14.1. The second-order valence-electron chi connectivity index (χ2n) is 12.2. The van der Waals surface area contributed by atoms with Gasteiger partial charge in [0.1, 0.15) is 6.04 Å². The summed E-state index contributed by atoms with van der Waals surface area (Å²) >= 11 is 0. The molecule has 2 heterocycles. The van der Waals surface area contributed by atoms with Crippen LogP contribution in [0.4, 0.5) is 11.4 Å². The highest BCUT2D eigenvalue weighted by Crippen LogP contribution is 2.26. The van der Waals surface area contributed by atoms with Crippen LogP contribution >= 0.6 is 0 Å². The van der Waals surface area contributed by atoms with Gasteiger partial charge in [-0.1, -0.05) is 78.9 Å². The number of anilines is 2. The molecular formula is C38H35N5O5S2. The second kappa shape index (κ2) is 13.9. The van der Waals surface area contributed by atoms with Crippen LogP contribution in [-0.2, 0) is 31.3 Å². The van der Waals surface area contributed by atoms with Crippen LogP contribution in [0.25, 0.3) is 21.5 Å². The summed E-state index contributed by atoms with van der Waals surface area (Å²) in [6.07, 6.45) is 3.19. The Kier molecular flexibility index (Phi) is 9.23. The highest BCUT2D eigenvalue weighted by atomic mass is 32.2. The van der Waals surface area contributed by atoms with Gasteiger partial charge in [0, 0.05) is 66.1 Å². The Bertz CT molecular complexity index is 2370. The normalized spacial score (nSPS) is 14.5. The molecule has 50 heavy (non-hydrogen) atoms. The summed E-state index contributed by atoms with van der Waals surface area (Å²) in [4.78, 5) is 22.3. The molecule has 1 aliphatic heterocycles. The van der Waals surface area contributed by atoms with E-state index in [4.69, 9.17) is 0 Å². The Balaban J connectivity index is 1.13. The van der Waals surface area contributed by atoms with Gasteiger partial charge in [-0.3, -0.25) is 14.5 Å². The van der Waals surface area contributed by atoms with Crippen LogP contribution < -0.4 is 14.3 Å². The lowest BCUT2D eigenvalue weighted by Gasteiger charge is -2.37. The molecule has 0 unspecified atom stereocenters. The van der Waals surface area contributed by atoms with E-state index in [-0.39, 0.29) is 22.1 Å². The summed E-state index contributed by atoms with van der Waals surface area (Å²) in [6, 6.07) is 34.5. The van der Waals surface area contributed by atoms with Crippen molar-refractivity contribution in [3.05, 3.63) is 139 Å². The summed E-state index contributed by atoms with van der Waals surface area (Å²) in [7, 11) is -8.06. The summed E-state index contributed by atoms with van der Waals surface area (Å²) in [6.45, 7) is 2.08. The third-order valence-corrected chi connectivity index (χ3v) is 11.9. The van der Waals surface area contributed by atoms with E-state index >= 15 is 0 Å². The zero-order valence-electron chi connectivity index (χ0n) is 27.0. The monoisotopic (exact) mass is 705 g/mol. The fraction of sp³-hybridized carbons (Fsp3) is 0.158. The number of nitrogens with zero attached hydrogens (tertiary/aromatic N) is 3. The van der Waals surface area contributed by atoms with Gasteiger partial charge in [0.25, 0.3) is 10.0 Å². The number of para-hydroxylation sites is 1. The molecule has 0 aliphatic carbocycles. The van der Waals surface area contributed by atoms with Gasteiger partial charge in [-0.25, -0.2) is 16.8 Å². The van der Waals surface area contributed by atoms with Crippen molar-refractivity contribution in [1.29, 1.82) is 0 Å². The van der Waals surface area contributed by atoms with E-state index in [9.17, 15) is 21.6 Å². The maximum Gasteiger partial charge on any atom is 0.262 e. The molecule has 1 atom stereocenters. The number of piperazine rings is 1. The van der Waals surface area contributed by atoms with Crippen molar-refractivity contribution in [3.8, 4) is 0 Å². The minimum absolute atomic E-state index is 0.0552. The number of sulfonamides is 2. The summed E-state index contributed by atoms with van der Waals surface area (Å²) in [5.41, 5.74) is 2.06. The molecular weight excluding hydrogens is 671 g/mol. The van der Waals surface area contributed by atoms with E-state index in [0.29, 0.717) is 53.6 Å². The van der Waals surface area contributed by atoms with E-state index in [2.05, 4.69) is 19.3 Å². The predicted octanol–water partition coefficient (Wildman–Crippen LogP) is 5.43. The van der Waals surface area contributed by atoms with Gasteiger partial charge in [0.2, 0.25) is 15.9 Å². The van der Waals surface area contributed by atoms with Crippen LogP contribution in [0, 0.1) is 0 Å². The molecule has 1 aromatic heterocycles. The zero-order chi connectivity index (χ0) is 34.7. The Morgan fingerprint density at radius 3 is 2.02 bits per heavy atom. The number of hydrogen-bond acceptors (Lipinski definition) is 7. The molecule has 0 saturated carbocycles. The first-order chi connectivity index (χ1) is 24.2. The van der Waals surface area contributed by atoms with E-state index in [1.165, 1.54) is 12.3 Å². The van der Waals surface area contributed by atoms with Crippen molar-refractivity contribution in [3.63, 3.8) is 0 Å². The van der Waals surface area contributed by atoms with Crippen molar-refractivity contribution in [2.45, 2.75) is 22.3 Å². The van der Waals surface area contributed by atoms with Gasteiger partial charge in [-0.2, -0.15) is 4.72 Å². The smallest absolute Gasteiger partial charge is 0.262 e. The molecule has 1 saturated heterocycles. The summed E-state index contributed by atoms with van der Waals surface area (Å²) in [5, 5.41) is 2.59. The van der Waals surface area contributed by atoms with Gasteiger partial charge in [0.05, 0.1) is 9.79 Å². The molecule has 12 heteroatoms. The topological polar surface area (TPSA) is 129 Å². The van der Waals surface area contributed by atoms with E-state index in [1.807, 2.05) is 48.5 Å². The average molecular weight is 706 g/mol. The summed E-state index contributed by atoms with van der Waals surface area (Å²) in [5.74, 6) is -0.330. The lowest BCUT2D eigenvalue weighted by molar-refractivity contribution is -0.133. The maximum atomic E-state index is 14.1. The highest BCUT2D eigenvalue weighted by Gasteiger charge is 2.32. The van der Waals surface area contributed by atoms with Crippen LogP contribution in [0.15, 0.2) is 144 Å². The molecule has 2 N–H and O–H groups in total. The highest BCUT2D eigenvalue weighted by molar-refractivity contribution is 7.93. The lowest BCUT2D eigenvalue weighted by Crippen LogP contribution is -2.55. The Labute approximate surface area is 291 Å². The molecule has 10 nitrogen and oxygen atoms in total. The molecule has 7 rings (SSSR count). The largest absolute Gasteiger partial charge is 0.368 e.